The summed E-state index contributed by atoms with van der Waals surface area (Å²) in [5, 5.41) is 1.81. The van der Waals surface area contributed by atoms with Gasteiger partial charge in [-0.1, -0.05) is 19.1 Å². The molecule has 0 bridgehead atoms. The van der Waals surface area contributed by atoms with Crippen LogP contribution in [-0.2, 0) is 0 Å². The number of nitrogens with two attached hydrogens (primary N) is 1. The van der Waals surface area contributed by atoms with Crippen LogP contribution in [-0.4, -0.2) is 32.1 Å². The van der Waals surface area contributed by atoms with Crippen molar-refractivity contribution in [2.75, 3.05) is 26.2 Å². The first-order chi connectivity index (χ1) is 9.52. The number of hydrogen-bond acceptors (Lipinski definition) is 4. The van der Waals surface area contributed by atoms with Gasteiger partial charge in [-0.15, -0.1) is 0 Å². The van der Waals surface area contributed by atoms with Gasteiger partial charge in [-0.2, -0.15) is 0 Å². The second-order valence-electron chi connectivity index (χ2n) is 5.30. The zero-order valence-electron chi connectivity index (χ0n) is 12.6. The van der Waals surface area contributed by atoms with Crippen molar-refractivity contribution >= 4 is 5.69 Å². The molecule has 4 nitrogen and oxygen atoms in total. The predicted molar refractivity (Wildman–Crippen MR) is 83.5 cm³/mol. The molecule has 2 unspecified atom stereocenters. The van der Waals surface area contributed by atoms with E-state index in [2.05, 4.69) is 30.1 Å². The minimum Gasteiger partial charge on any atom is -0.497 e. The van der Waals surface area contributed by atoms with Crippen LogP contribution in [0.1, 0.15) is 6.92 Å². The van der Waals surface area contributed by atoms with Gasteiger partial charge < -0.3 is 14.6 Å². The Morgan fingerprint density at radius 2 is 1.80 bits per heavy atom. The highest BCUT2D eigenvalue weighted by molar-refractivity contribution is 5.50. The van der Waals surface area contributed by atoms with Crippen molar-refractivity contribution in [2.24, 2.45) is 11.8 Å². The van der Waals surface area contributed by atoms with Crippen LogP contribution in [0.25, 0.3) is 0 Å². The maximum Gasteiger partial charge on any atom is 0.119 e. The molecule has 0 radical (unpaired) electrons. The molecule has 0 saturated carbocycles. The number of methoxy groups -OCH3 is 1. The van der Waals surface area contributed by atoms with Gasteiger partial charge in [0.25, 0.3) is 0 Å². The Kier molecular flexibility index (Phi) is 4.35. The Morgan fingerprint density at radius 1 is 1.15 bits per heavy atom. The van der Waals surface area contributed by atoms with Crippen molar-refractivity contribution in [3.8, 4) is 5.75 Å². The fourth-order valence-electron chi connectivity index (χ4n) is 2.37. The number of allylic oxidation sites excluding steroid dienone is 1. The standard InChI is InChI=1S/C16H23N3O/c1-12-11-14(18(2)3)7-10-16(12)19(17)13-5-8-15(20-4)9-6-13/h5-12,16H,17H2,1-4H3. The number of benzene rings is 1. The lowest BCUT2D eigenvalue weighted by Crippen LogP contribution is -2.44. The average Bonchev–Trinajstić information content (AvgIpc) is 2.46. The van der Waals surface area contributed by atoms with E-state index < -0.39 is 0 Å². The van der Waals surface area contributed by atoms with Gasteiger partial charge in [0.05, 0.1) is 18.8 Å². The van der Waals surface area contributed by atoms with Crippen LogP contribution >= 0.6 is 0 Å². The van der Waals surface area contributed by atoms with E-state index >= 15 is 0 Å². The lowest BCUT2D eigenvalue weighted by atomic mass is 9.94. The molecule has 0 aliphatic heterocycles. The van der Waals surface area contributed by atoms with Crippen LogP contribution in [0, 0.1) is 5.92 Å². The van der Waals surface area contributed by atoms with Crippen molar-refractivity contribution in [3.05, 3.63) is 48.2 Å². The first kappa shape index (κ1) is 14.5. The van der Waals surface area contributed by atoms with E-state index in [4.69, 9.17) is 10.6 Å². The topological polar surface area (TPSA) is 41.7 Å². The van der Waals surface area contributed by atoms with E-state index in [1.165, 1.54) is 5.70 Å². The third kappa shape index (κ3) is 2.96. The SMILES string of the molecule is COc1ccc(N(N)C2C=CC(N(C)C)=CC2C)cc1. The summed E-state index contributed by atoms with van der Waals surface area (Å²) in [4.78, 5) is 2.11. The Bertz CT molecular complexity index is 505. The van der Waals surface area contributed by atoms with Crippen molar-refractivity contribution in [2.45, 2.75) is 13.0 Å². The van der Waals surface area contributed by atoms with E-state index in [0.29, 0.717) is 5.92 Å². The summed E-state index contributed by atoms with van der Waals surface area (Å²) < 4.78 is 5.17. The number of anilines is 1. The lowest BCUT2D eigenvalue weighted by molar-refractivity contribution is 0.414. The van der Waals surface area contributed by atoms with Gasteiger partial charge in [-0.3, -0.25) is 0 Å². The number of ether oxygens (including phenoxy) is 1. The predicted octanol–water partition coefficient (Wildman–Crippen LogP) is 2.40. The van der Waals surface area contributed by atoms with E-state index in [1.54, 1.807) is 7.11 Å². The molecule has 4 heteroatoms. The number of hydrogen-bond donors (Lipinski definition) is 1. The molecular weight excluding hydrogens is 250 g/mol. The van der Waals surface area contributed by atoms with E-state index in [-0.39, 0.29) is 6.04 Å². The molecule has 0 heterocycles. The normalized spacial score (nSPS) is 21.4. The van der Waals surface area contributed by atoms with Crippen molar-refractivity contribution in [1.82, 2.24) is 4.90 Å². The highest BCUT2D eigenvalue weighted by Crippen LogP contribution is 2.26. The zero-order chi connectivity index (χ0) is 14.7. The molecule has 1 aromatic rings. The van der Waals surface area contributed by atoms with E-state index in [9.17, 15) is 0 Å². The van der Waals surface area contributed by atoms with Crippen molar-refractivity contribution in [1.29, 1.82) is 0 Å². The molecule has 0 aromatic heterocycles. The molecule has 0 amide bonds. The Balaban J connectivity index is 2.14. The molecule has 20 heavy (non-hydrogen) atoms. The van der Waals surface area contributed by atoms with Crippen LogP contribution < -0.4 is 15.6 Å². The quantitative estimate of drug-likeness (QED) is 0.675. The first-order valence-electron chi connectivity index (χ1n) is 6.78. The van der Waals surface area contributed by atoms with Gasteiger partial charge in [0.15, 0.2) is 0 Å². The summed E-state index contributed by atoms with van der Waals surface area (Å²) in [5.41, 5.74) is 2.20. The molecule has 2 rings (SSSR count). The average molecular weight is 273 g/mol. The maximum absolute atomic E-state index is 6.27. The van der Waals surface area contributed by atoms with Gasteiger partial charge >= 0.3 is 0 Å². The molecule has 2 atom stereocenters. The van der Waals surface area contributed by atoms with E-state index in [0.717, 1.165) is 11.4 Å². The maximum atomic E-state index is 6.27. The highest BCUT2D eigenvalue weighted by Gasteiger charge is 2.22. The lowest BCUT2D eigenvalue weighted by Gasteiger charge is -2.33. The Labute approximate surface area is 121 Å². The monoisotopic (exact) mass is 273 g/mol. The fourth-order valence-corrected chi connectivity index (χ4v) is 2.37. The number of nitrogens with zero attached hydrogens (tertiary/aromatic N) is 2. The first-order valence-corrected chi connectivity index (χ1v) is 6.78. The van der Waals surface area contributed by atoms with Gasteiger partial charge in [0.1, 0.15) is 5.75 Å². The fraction of sp³-hybridized carbons (Fsp3) is 0.375. The molecular formula is C16H23N3O. The number of rotatable bonds is 4. The third-order valence-electron chi connectivity index (χ3n) is 3.64. The molecule has 2 N–H and O–H groups in total. The van der Waals surface area contributed by atoms with Crippen LogP contribution in [0.5, 0.6) is 5.75 Å². The van der Waals surface area contributed by atoms with Crippen molar-refractivity contribution in [3.63, 3.8) is 0 Å². The second-order valence-corrected chi connectivity index (χ2v) is 5.30. The number of hydrazine groups is 1. The van der Waals surface area contributed by atoms with Crippen LogP contribution in [0.2, 0.25) is 0 Å². The molecule has 0 saturated heterocycles. The number of likely N-dealkylation sites (N-methyl/N-ethyl adjacent to an activating group) is 1. The summed E-state index contributed by atoms with van der Waals surface area (Å²) in [6.07, 6.45) is 6.52. The summed E-state index contributed by atoms with van der Waals surface area (Å²) in [7, 11) is 5.76. The molecule has 108 valence electrons. The van der Waals surface area contributed by atoms with E-state index in [1.807, 2.05) is 43.4 Å². The summed E-state index contributed by atoms with van der Waals surface area (Å²) in [6.45, 7) is 2.18. The molecule has 0 spiro atoms. The van der Waals surface area contributed by atoms with Crippen molar-refractivity contribution < 1.29 is 4.74 Å². The van der Waals surface area contributed by atoms with Crippen LogP contribution in [0.4, 0.5) is 5.69 Å². The zero-order valence-corrected chi connectivity index (χ0v) is 12.6. The second kappa shape index (κ2) is 6.01. The minimum absolute atomic E-state index is 0.159. The molecule has 1 aliphatic carbocycles. The molecule has 0 fully saturated rings. The van der Waals surface area contributed by atoms with Gasteiger partial charge in [-0.05, 0) is 30.3 Å². The summed E-state index contributed by atoms with van der Waals surface area (Å²) in [5.74, 6) is 7.46. The molecule has 1 aromatic carbocycles. The van der Waals surface area contributed by atoms with Gasteiger partial charge in [0, 0.05) is 25.7 Å². The summed E-state index contributed by atoms with van der Waals surface area (Å²) >= 11 is 0. The smallest absolute Gasteiger partial charge is 0.119 e. The third-order valence-corrected chi connectivity index (χ3v) is 3.64. The largest absolute Gasteiger partial charge is 0.497 e. The minimum atomic E-state index is 0.159. The Morgan fingerprint density at radius 3 is 2.30 bits per heavy atom. The highest BCUT2D eigenvalue weighted by atomic mass is 16.5. The van der Waals surface area contributed by atoms with Crippen LogP contribution in [0.15, 0.2) is 48.2 Å². The summed E-state index contributed by atoms with van der Waals surface area (Å²) in [6, 6.07) is 7.96. The Hall–Kier alpha value is -1.94. The van der Waals surface area contributed by atoms with Gasteiger partial charge in [0.2, 0.25) is 0 Å². The van der Waals surface area contributed by atoms with Gasteiger partial charge in [-0.25, -0.2) is 5.84 Å². The van der Waals surface area contributed by atoms with Crippen LogP contribution in [0.3, 0.4) is 0 Å². The molecule has 1 aliphatic rings.